The topological polar surface area (TPSA) is 93.1 Å². The van der Waals surface area contributed by atoms with Crippen LogP contribution in [-0.4, -0.2) is 32.8 Å². The highest BCUT2D eigenvalue weighted by Gasteiger charge is 2.23. The number of carbonyl (C=O) groups is 2. The fourth-order valence-corrected chi connectivity index (χ4v) is 4.94. The Bertz CT molecular complexity index is 1190. The first-order valence-corrected chi connectivity index (χ1v) is 12.2. The maximum atomic E-state index is 13.2. The maximum Gasteiger partial charge on any atom is 0.321 e. The first-order valence-electron chi connectivity index (χ1n) is 11.3. The Balaban J connectivity index is 1.52. The lowest BCUT2D eigenvalue weighted by Crippen LogP contribution is -2.47. The zero-order valence-corrected chi connectivity index (χ0v) is 19.4. The van der Waals surface area contributed by atoms with E-state index in [2.05, 4.69) is 15.6 Å². The average molecular weight is 465 g/mol. The Morgan fingerprint density at radius 1 is 1.06 bits per heavy atom. The Hall–Kier alpha value is -3.13. The second-order valence-electron chi connectivity index (χ2n) is 8.35. The second-order valence-corrected chi connectivity index (χ2v) is 9.65. The Morgan fingerprint density at radius 3 is 2.52 bits per heavy atom. The van der Waals surface area contributed by atoms with E-state index in [1.807, 2.05) is 42.5 Å². The quantitative estimate of drug-likeness (QED) is 0.424. The van der Waals surface area contributed by atoms with E-state index in [1.54, 1.807) is 23.6 Å². The molecule has 0 aliphatic heterocycles. The SMILES string of the molecule is C[C@@H](Sc1nc2ccccc2c(=O)n1Cc1ccccc1)C(=O)NC(=O)NC1CCCCC1. The van der Waals surface area contributed by atoms with Crippen molar-refractivity contribution in [2.24, 2.45) is 0 Å². The number of rotatable bonds is 6. The molecule has 1 aromatic heterocycles. The van der Waals surface area contributed by atoms with Crippen molar-refractivity contribution in [1.29, 1.82) is 0 Å². The third-order valence-electron chi connectivity index (χ3n) is 5.84. The molecular weight excluding hydrogens is 436 g/mol. The number of aromatic nitrogens is 2. The van der Waals surface area contributed by atoms with Crippen LogP contribution in [0.5, 0.6) is 0 Å². The molecule has 1 fully saturated rings. The Labute approximate surface area is 197 Å². The predicted octanol–water partition coefficient (Wildman–Crippen LogP) is 4.08. The first kappa shape index (κ1) is 23.0. The van der Waals surface area contributed by atoms with Gasteiger partial charge < -0.3 is 5.32 Å². The first-order chi connectivity index (χ1) is 16.0. The summed E-state index contributed by atoms with van der Waals surface area (Å²) in [5, 5.41) is 5.70. The standard InChI is InChI=1S/C25H28N4O3S/c1-17(22(30)28-24(32)26-19-12-6-3-7-13-19)33-25-27-21-15-9-8-14-20(21)23(31)29(25)16-18-10-4-2-5-11-18/h2,4-5,8-11,14-15,17,19H,3,6-7,12-13,16H2,1H3,(H2,26,28,30,32)/t17-/m1/s1. The molecular formula is C25H28N4O3S. The van der Waals surface area contributed by atoms with Gasteiger partial charge in [0.25, 0.3) is 5.56 Å². The number of hydrogen-bond acceptors (Lipinski definition) is 5. The minimum Gasteiger partial charge on any atom is -0.335 e. The van der Waals surface area contributed by atoms with Crippen LogP contribution in [0.25, 0.3) is 10.9 Å². The van der Waals surface area contributed by atoms with E-state index in [9.17, 15) is 14.4 Å². The third-order valence-corrected chi connectivity index (χ3v) is 6.93. The molecule has 3 aromatic rings. The molecule has 0 spiro atoms. The molecule has 1 aliphatic rings. The summed E-state index contributed by atoms with van der Waals surface area (Å²) in [6.07, 6.45) is 5.27. The highest BCUT2D eigenvalue weighted by Crippen LogP contribution is 2.23. The van der Waals surface area contributed by atoms with E-state index < -0.39 is 17.2 Å². The van der Waals surface area contributed by atoms with Crippen molar-refractivity contribution in [3.8, 4) is 0 Å². The van der Waals surface area contributed by atoms with Gasteiger partial charge in [0.2, 0.25) is 5.91 Å². The van der Waals surface area contributed by atoms with Gasteiger partial charge in [-0.1, -0.05) is 73.5 Å². The van der Waals surface area contributed by atoms with Gasteiger partial charge in [-0.25, -0.2) is 9.78 Å². The van der Waals surface area contributed by atoms with Crippen LogP contribution in [0.1, 0.15) is 44.6 Å². The number of benzene rings is 2. The molecule has 33 heavy (non-hydrogen) atoms. The predicted molar refractivity (Wildman–Crippen MR) is 130 cm³/mol. The summed E-state index contributed by atoms with van der Waals surface area (Å²) in [4.78, 5) is 42.9. The molecule has 2 aromatic carbocycles. The van der Waals surface area contributed by atoms with Crippen molar-refractivity contribution < 1.29 is 9.59 Å². The number of carbonyl (C=O) groups excluding carboxylic acids is 2. The molecule has 0 bridgehead atoms. The smallest absolute Gasteiger partial charge is 0.321 e. The normalized spacial score (nSPS) is 15.2. The Morgan fingerprint density at radius 2 is 1.76 bits per heavy atom. The summed E-state index contributed by atoms with van der Waals surface area (Å²) in [6, 6.07) is 16.5. The lowest BCUT2D eigenvalue weighted by atomic mass is 9.96. The molecule has 1 heterocycles. The van der Waals surface area contributed by atoms with E-state index in [0.717, 1.165) is 31.2 Å². The number of nitrogens with zero attached hydrogens (tertiary/aromatic N) is 2. The fourth-order valence-electron chi connectivity index (χ4n) is 4.04. The lowest BCUT2D eigenvalue weighted by molar-refractivity contribution is -0.119. The number of hydrogen-bond donors (Lipinski definition) is 2. The van der Waals surface area contributed by atoms with Gasteiger partial charge in [-0.15, -0.1) is 0 Å². The van der Waals surface area contributed by atoms with E-state index in [4.69, 9.17) is 0 Å². The molecule has 1 saturated carbocycles. The monoisotopic (exact) mass is 464 g/mol. The molecule has 0 unspecified atom stereocenters. The molecule has 0 saturated heterocycles. The summed E-state index contributed by atoms with van der Waals surface area (Å²) in [6.45, 7) is 2.05. The number of nitrogens with one attached hydrogen (secondary N) is 2. The molecule has 3 amide bonds. The Kier molecular flexibility index (Phi) is 7.44. The van der Waals surface area contributed by atoms with E-state index in [1.165, 1.54) is 18.2 Å². The summed E-state index contributed by atoms with van der Waals surface area (Å²) in [5.74, 6) is -0.415. The minimum atomic E-state index is -0.614. The van der Waals surface area contributed by atoms with Gasteiger partial charge in [0.15, 0.2) is 5.16 Å². The van der Waals surface area contributed by atoms with E-state index >= 15 is 0 Å². The molecule has 7 nitrogen and oxygen atoms in total. The van der Waals surface area contributed by atoms with Crippen molar-refractivity contribution in [1.82, 2.24) is 20.2 Å². The second kappa shape index (κ2) is 10.7. The minimum absolute atomic E-state index is 0.118. The van der Waals surface area contributed by atoms with Crippen LogP contribution < -0.4 is 16.2 Å². The van der Waals surface area contributed by atoms with Crippen molar-refractivity contribution in [2.45, 2.75) is 62.0 Å². The lowest BCUT2D eigenvalue weighted by Gasteiger charge is -2.23. The molecule has 1 atom stereocenters. The van der Waals surface area contributed by atoms with Crippen LogP contribution in [0.3, 0.4) is 0 Å². The zero-order chi connectivity index (χ0) is 23.2. The van der Waals surface area contributed by atoms with Crippen LogP contribution >= 0.6 is 11.8 Å². The van der Waals surface area contributed by atoms with E-state index in [-0.39, 0.29) is 11.6 Å². The number of amides is 3. The molecule has 1 aliphatic carbocycles. The number of para-hydroxylation sites is 1. The summed E-state index contributed by atoms with van der Waals surface area (Å²) >= 11 is 1.17. The molecule has 8 heteroatoms. The van der Waals surface area contributed by atoms with Gasteiger partial charge >= 0.3 is 6.03 Å². The largest absolute Gasteiger partial charge is 0.335 e. The van der Waals surface area contributed by atoms with Crippen molar-refractivity contribution in [2.75, 3.05) is 0 Å². The van der Waals surface area contributed by atoms with Crippen molar-refractivity contribution >= 4 is 34.6 Å². The zero-order valence-electron chi connectivity index (χ0n) is 18.6. The van der Waals surface area contributed by atoms with Crippen molar-refractivity contribution in [3.05, 3.63) is 70.5 Å². The van der Waals surface area contributed by atoms with Gasteiger partial charge in [0.05, 0.1) is 22.7 Å². The van der Waals surface area contributed by atoms with Crippen molar-refractivity contribution in [3.63, 3.8) is 0 Å². The maximum absolute atomic E-state index is 13.2. The highest BCUT2D eigenvalue weighted by molar-refractivity contribution is 8.00. The molecule has 172 valence electrons. The van der Waals surface area contributed by atoms with Crippen LogP contribution in [0.15, 0.2) is 64.5 Å². The third kappa shape index (κ3) is 5.82. The molecule has 2 N–H and O–H groups in total. The van der Waals surface area contributed by atoms with Gasteiger partial charge in [0.1, 0.15) is 0 Å². The number of imide groups is 1. The van der Waals surface area contributed by atoms with Gasteiger partial charge in [0, 0.05) is 6.04 Å². The highest BCUT2D eigenvalue weighted by atomic mass is 32.2. The van der Waals surface area contributed by atoms with Gasteiger partial charge in [-0.05, 0) is 37.5 Å². The van der Waals surface area contributed by atoms with Crippen LogP contribution in [0.2, 0.25) is 0 Å². The average Bonchev–Trinajstić information content (AvgIpc) is 2.82. The van der Waals surface area contributed by atoms with E-state index in [0.29, 0.717) is 22.6 Å². The summed E-state index contributed by atoms with van der Waals surface area (Å²) < 4.78 is 1.59. The number of thioether (sulfide) groups is 1. The molecule has 4 rings (SSSR count). The van der Waals surface area contributed by atoms with Crippen LogP contribution in [-0.2, 0) is 11.3 Å². The summed E-state index contributed by atoms with van der Waals surface area (Å²) in [5.41, 5.74) is 1.38. The van der Waals surface area contributed by atoms with Crippen LogP contribution in [0.4, 0.5) is 4.79 Å². The molecule has 0 radical (unpaired) electrons. The fraction of sp³-hybridized carbons (Fsp3) is 0.360. The van der Waals surface area contributed by atoms with Gasteiger partial charge in [-0.3, -0.25) is 19.5 Å². The summed E-state index contributed by atoms with van der Waals surface area (Å²) in [7, 11) is 0. The number of fused-ring (bicyclic) bond motifs is 1. The van der Waals surface area contributed by atoms with Crippen LogP contribution in [0, 0.1) is 0 Å². The number of urea groups is 1. The van der Waals surface area contributed by atoms with Gasteiger partial charge in [-0.2, -0.15) is 0 Å².